The lowest BCUT2D eigenvalue weighted by molar-refractivity contribution is -0.122. The van der Waals surface area contributed by atoms with Crippen molar-refractivity contribution < 1.29 is 18.4 Å². The number of pyridine rings is 1. The predicted molar refractivity (Wildman–Crippen MR) is 130 cm³/mol. The highest BCUT2D eigenvalue weighted by molar-refractivity contribution is 6.16. The van der Waals surface area contributed by atoms with Crippen LogP contribution in [0, 0.1) is 23.5 Å². The Morgan fingerprint density at radius 1 is 0.944 bits per heavy atom. The molecule has 0 spiro atoms. The number of carbonyl (C=O) groups excluding carboxylic acids is 2. The number of aromatic nitrogens is 3. The molecule has 36 heavy (non-hydrogen) atoms. The van der Waals surface area contributed by atoms with Gasteiger partial charge >= 0.3 is 6.03 Å². The number of aryl methyl sites for hydroxylation is 1. The first-order valence-corrected chi connectivity index (χ1v) is 11.2. The lowest BCUT2D eigenvalue weighted by Gasteiger charge is -2.44. The third-order valence-electron chi connectivity index (χ3n) is 6.44. The number of benzene rings is 2. The van der Waals surface area contributed by atoms with Crippen LogP contribution >= 0.6 is 0 Å². The molecule has 1 aliphatic rings. The van der Waals surface area contributed by atoms with Crippen LogP contribution in [0.5, 0.6) is 0 Å². The number of carbonyl (C=O) groups is 2. The summed E-state index contributed by atoms with van der Waals surface area (Å²) in [6, 6.07) is 13.7. The Balaban J connectivity index is 1.51. The summed E-state index contributed by atoms with van der Waals surface area (Å²) < 4.78 is 31.8. The molecule has 2 aromatic carbocycles. The van der Waals surface area contributed by atoms with Crippen molar-refractivity contribution in [2.24, 2.45) is 7.05 Å². The Kier molecular flexibility index (Phi) is 5.52. The molecule has 9 heteroatoms. The number of halogens is 2. The van der Waals surface area contributed by atoms with Crippen molar-refractivity contribution in [2.45, 2.75) is 18.9 Å². The van der Waals surface area contributed by atoms with Crippen LogP contribution in [0.3, 0.4) is 0 Å². The Morgan fingerprint density at radius 3 is 2.31 bits per heavy atom. The maximum Gasteiger partial charge on any atom is 0.332 e. The smallest absolute Gasteiger partial charge is 0.315 e. The first-order chi connectivity index (χ1) is 17.2. The largest absolute Gasteiger partial charge is 0.332 e. The molecule has 4 aromatic rings. The van der Waals surface area contributed by atoms with Crippen LogP contribution < -0.4 is 4.90 Å². The van der Waals surface area contributed by atoms with Crippen molar-refractivity contribution in [3.05, 3.63) is 89.2 Å². The summed E-state index contributed by atoms with van der Waals surface area (Å²) in [4.78, 5) is 32.8. The quantitative estimate of drug-likeness (QED) is 0.396. The second-order valence-corrected chi connectivity index (χ2v) is 8.77. The average Bonchev–Trinajstić information content (AvgIpc) is 3.21. The van der Waals surface area contributed by atoms with Crippen molar-refractivity contribution in [2.75, 3.05) is 11.9 Å². The second-order valence-electron chi connectivity index (χ2n) is 8.77. The summed E-state index contributed by atoms with van der Waals surface area (Å²) >= 11 is 0. The van der Waals surface area contributed by atoms with Gasteiger partial charge in [-0.2, -0.15) is 5.10 Å². The van der Waals surface area contributed by atoms with Crippen molar-refractivity contribution in [1.82, 2.24) is 19.7 Å². The van der Waals surface area contributed by atoms with Crippen molar-refractivity contribution in [1.29, 1.82) is 0 Å². The molecule has 0 saturated carbocycles. The normalized spacial score (nSPS) is 17.9. The van der Waals surface area contributed by atoms with Gasteiger partial charge in [0.05, 0.1) is 17.7 Å². The zero-order valence-corrected chi connectivity index (χ0v) is 19.8. The highest BCUT2D eigenvalue weighted by Crippen LogP contribution is 2.40. The van der Waals surface area contributed by atoms with E-state index in [1.165, 1.54) is 11.9 Å². The lowest BCUT2D eigenvalue weighted by Crippen LogP contribution is -2.60. The average molecular weight is 485 g/mol. The van der Waals surface area contributed by atoms with Crippen LogP contribution in [-0.4, -0.2) is 38.7 Å². The minimum absolute atomic E-state index is 0.0835. The molecule has 180 valence electrons. The number of nitrogens with zero attached hydrogens (tertiary/aromatic N) is 5. The number of fused-ring (bicyclic) bond motifs is 1. The Morgan fingerprint density at radius 2 is 1.61 bits per heavy atom. The maximum atomic E-state index is 15.1. The topological polar surface area (TPSA) is 71.3 Å². The molecular weight excluding hydrogens is 464 g/mol. The fourth-order valence-electron chi connectivity index (χ4n) is 4.43. The molecule has 1 aliphatic heterocycles. The molecule has 1 atom stereocenters. The molecule has 1 saturated heterocycles. The number of urea groups is 1. The van der Waals surface area contributed by atoms with E-state index in [1.807, 2.05) is 6.07 Å². The summed E-state index contributed by atoms with van der Waals surface area (Å²) in [7, 11) is 3.20. The van der Waals surface area contributed by atoms with E-state index in [0.29, 0.717) is 27.2 Å². The molecule has 3 heterocycles. The van der Waals surface area contributed by atoms with E-state index in [9.17, 15) is 9.59 Å². The molecule has 0 N–H and O–H groups in total. The fraction of sp³-hybridized carbons (Fsp3) is 0.185. The minimum atomic E-state index is -1.15. The summed E-state index contributed by atoms with van der Waals surface area (Å²) in [5, 5.41) is 5.20. The maximum absolute atomic E-state index is 15.1. The van der Waals surface area contributed by atoms with Crippen molar-refractivity contribution in [3.8, 4) is 11.8 Å². The van der Waals surface area contributed by atoms with E-state index in [0.717, 1.165) is 12.1 Å². The molecule has 0 unspecified atom stereocenters. The van der Waals surface area contributed by atoms with E-state index in [2.05, 4.69) is 21.9 Å². The highest BCUT2D eigenvalue weighted by atomic mass is 19.1. The van der Waals surface area contributed by atoms with Crippen LogP contribution in [0.15, 0.2) is 60.8 Å². The van der Waals surface area contributed by atoms with Crippen LogP contribution in [-0.2, 0) is 17.4 Å². The molecule has 5 rings (SSSR count). The van der Waals surface area contributed by atoms with Gasteiger partial charge in [-0.05, 0) is 43.3 Å². The highest BCUT2D eigenvalue weighted by Gasteiger charge is 2.49. The van der Waals surface area contributed by atoms with Gasteiger partial charge in [0.25, 0.3) is 0 Å². The number of anilines is 1. The fourth-order valence-corrected chi connectivity index (χ4v) is 4.43. The van der Waals surface area contributed by atoms with Crippen LogP contribution in [0.25, 0.3) is 11.0 Å². The molecule has 0 radical (unpaired) electrons. The Hall–Kier alpha value is -4.58. The second kappa shape index (κ2) is 8.57. The first-order valence-electron chi connectivity index (χ1n) is 11.2. The lowest BCUT2D eigenvalue weighted by atomic mass is 9.87. The number of hydrogen-bond acceptors (Lipinski definition) is 4. The van der Waals surface area contributed by atoms with Gasteiger partial charge in [-0.3, -0.25) is 9.48 Å². The minimum Gasteiger partial charge on any atom is -0.315 e. The van der Waals surface area contributed by atoms with Crippen molar-refractivity contribution in [3.63, 3.8) is 0 Å². The zero-order chi connectivity index (χ0) is 25.6. The monoisotopic (exact) mass is 485 g/mol. The van der Waals surface area contributed by atoms with E-state index >= 15 is 8.78 Å². The Bertz CT molecular complexity index is 1570. The third kappa shape index (κ3) is 3.67. The van der Waals surface area contributed by atoms with Gasteiger partial charge < -0.3 is 4.90 Å². The van der Waals surface area contributed by atoms with Crippen LogP contribution in [0.1, 0.15) is 30.2 Å². The van der Waals surface area contributed by atoms with Gasteiger partial charge in [-0.15, -0.1) is 0 Å². The van der Waals surface area contributed by atoms with Gasteiger partial charge in [0, 0.05) is 36.8 Å². The van der Waals surface area contributed by atoms with E-state index in [4.69, 9.17) is 0 Å². The molecule has 7 nitrogen and oxygen atoms in total. The molecule has 2 aromatic heterocycles. The predicted octanol–water partition coefficient (Wildman–Crippen LogP) is 4.35. The molecule has 0 aliphatic carbocycles. The van der Waals surface area contributed by atoms with Gasteiger partial charge in [-0.1, -0.05) is 30.0 Å². The summed E-state index contributed by atoms with van der Waals surface area (Å²) in [5.74, 6) is 2.68. The summed E-state index contributed by atoms with van der Waals surface area (Å²) in [6.45, 7) is 1.70. The SMILES string of the molecule is CN1C(=O)N(c2c(F)cc(C#Cc3ccccc3)cc2F)C(=O)C[C@@]1(C)c1nn(C)c2ncccc12. The van der Waals surface area contributed by atoms with E-state index in [1.54, 1.807) is 61.2 Å². The first kappa shape index (κ1) is 23.2. The molecule has 3 amide bonds. The zero-order valence-electron chi connectivity index (χ0n) is 19.8. The van der Waals surface area contributed by atoms with E-state index in [-0.39, 0.29) is 12.0 Å². The molecule has 1 fully saturated rings. The number of amides is 3. The van der Waals surface area contributed by atoms with Crippen molar-refractivity contribution >= 4 is 28.7 Å². The van der Waals surface area contributed by atoms with Gasteiger partial charge in [0.2, 0.25) is 5.91 Å². The van der Waals surface area contributed by atoms with E-state index < -0.39 is 34.8 Å². The molecule has 0 bridgehead atoms. The standard InChI is InChI=1S/C27H21F2N5O2/c1-27(24-19-10-7-13-30-25(19)33(3)31-24)16-22(35)34(26(36)32(27)2)23-20(28)14-18(15-21(23)29)12-11-17-8-5-4-6-9-17/h4-10,13-15H,16H2,1-3H3/t27-/m0/s1. The number of rotatable bonds is 2. The van der Waals surface area contributed by atoms with Crippen LogP contribution in [0.4, 0.5) is 19.3 Å². The van der Waals surface area contributed by atoms with Gasteiger partial charge in [0.15, 0.2) is 17.3 Å². The summed E-state index contributed by atoms with van der Waals surface area (Å²) in [5.41, 5.74) is -0.0432. The Labute approximate surface area is 206 Å². The third-order valence-corrected chi connectivity index (χ3v) is 6.44. The van der Waals surface area contributed by atoms with Crippen LogP contribution in [0.2, 0.25) is 0 Å². The van der Waals surface area contributed by atoms with Gasteiger partial charge in [0.1, 0.15) is 5.69 Å². The van der Waals surface area contributed by atoms with Gasteiger partial charge in [-0.25, -0.2) is 23.5 Å². The summed E-state index contributed by atoms with van der Waals surface area (Å²) in [6.07, 6.45) is 1.39. The molecular formula is C27H21F2N5O2. The number of hydrogen-bond donors (Lipinski definition) is 0. The number of imide groups is 1.